The number of benzene rings is 8. The molecule has 1 aliphatic carbocycles. The molecule has 1 aliphatic heterocycles. The van der Waals surface area contributed by atoms with E-state index in [9.17, 15) is 0 Å². The SMILES string of the molecule is c1ccc(-c2ccccc2-c2ccc3c(c2)C2(c4ccccc4-c4ccccc42)c2ccccc2N3c2cccc3c2sc2ccccc23)cc1. The minimum absolute atomic E-state index is 0.499. The average Bonchev–Trinajstić information content (AvgIpc) is 3.73. The lowest BCUT2D eigenvalue weighted by Crippen LogP contribution is -2.36. The van der Waals surface area contributed by atoms with Crippen LogP contribution in [0.3, 0.4) is 0 Å². The summed E-state index contributed by atoms with van der Waals surface area (Å²) < 4.78 is 2.62. The molecule has 2 heterocycles. The van der Waals surface area contributed by atoms with Crippen LogP contribution in [0.15, 0.2) is 188 Å². The van der Waals surface area contributed by atoms with Gasteiger partial charge in [-0.25, -0.2) is 0 Å². The van der Waals surface area contributed by atoms with Gasteiger partial charge in [0.15, 0.2) is 0 Å². The molecule has 0 saturated heterocycles. The highest BCUT2D eigenvalue weighted by atomic mass is 32.1. The quantitative estimate of drug-likeness (QED) is 0.182. The Balaban J connectivity index is 1.27. The number of hydrogen-bond donors (Lipinski definition) is 0. The monoisotopic (exact) mass is 665 g/mol. The van der Waals surface area contributed by atoms with Crippen molar-refractivity contribution < 1.29 is 0 Å². The van der Waals surface area contributed by atoms with E-state index in [1.165, 1.54) is 92.9 Å². The van der Waals surface area contributed by atoms with Gasteiger partial charge >= 0.3 is 0 Å². The van der Waals surface area contributed by atoms with Crippen molar-refractivity contribution in [3.8, 4) is 33.4 Å². The summed E-state index contributed by atoms with van der Waals surface area (Å²) in [7, 11) is 0. The number of fused-ring (bicyclic) bond motifs is 12. The van der Waals surface area contributed by atoms with Gasteiger partial charge in [-0.2, -0.15) is 0 Å². The fourth-order valence-corrected chi connectivity index (χ4v) is 10.3. The highest BCUT2D eigenvalue weighted by Gasteiger charge is 2.51. The van der Waals surface area contributed by atoms with E-state index in [1.54, 1.807) is 0 Å². The Hall–Kier alpha value is -6.22. The van der Waals surface area contributed by atoms with E-state index in [0.717, 1.165) is 0 Å². The molecular formula is C49H31NS. The summed E-state index contributed by atoms with van der Waals surface area (Å²) in [4.78, 5) is 2.55. The first-order valence-electron chi connectivity index (χ1n) is 17.6. The Bertz CT molecular complexity index is 2780. The Morgan fingerprint density at radius 1 is 0.353 bits per heavy atom. The van der Waals surface area contributed by atoms with Crippen LogP contribution in [0.4, 0.5) is 17.1 Å². The van der Waals surface area contributed by atoms with Crippen molar-refractivity contribution in [2.24, 2.45) is 0 Å². The van der Waals surface area contributed by atoms with Crippen molar-refractivity contribution in [3.63, 3.8) is 0 Å². The first kappa shape index (κ1) is 28.6. The fraction of sp³-hybridized carbons (Fsp3) is 0.0204. The van der Waals surface area contributed by atoms with Crippen molar-refractivity contribution in [3.05, 3.63) is 210 Å². The molecule has 0 saturated carbocycles. The van der Waals surface area contributed by atoms with Gasteiger partial charge in [0.2, 0.25) is 0 Å². The van der Waals surface area contributed by atoms with Crippen molar-refractivity contribution in [1.29, 1.82) is 0 Å². The van der Waals surface area contributed by atoms with Crippen LogP contribution in [-0.2, 0) is 5.41 Å². The van der Waals surface area contributed by atoms with E-state index in [0.29, 0.717) is 0 Å². The molecule has 0 fully saturated rings. The van der Waals surface area contributed by atoms with Crippen LogP contribution in [0.1, 0.15) is 22.3 Å². The number of thiophene rings is 1. The first-order chi connectivity index (χ1) is 25.3. The summed E-state index contributed by atoms with van der Waals surface area (Å²) in [6.07, 6.45) is 0. The van der Waals surface area contributed by atoms with E-state index in [2.05, 4.69) is 193 Å². The molecule has 11 rings (SSSR count). The minimum Gasteiger partial charge on any atom is -0.308 e. The largest absolute Gasteiger partial charge is 0.308 e. The minimum atomic E-state index is -0.499. The predicted molar refractivity (Wildman–Crippen MR) is 216 cm³/mol. The summed E-state index contributed by atoms with van der Waals surface area (Å²) in [6.45, 7) is 0. The third kappa shape index (κ3) is 3.91. The van der Waals surface area contributed by atoms with Gasteiger partial charge in [0.05, 0.1) is 27.2 Å². The van der Waals surface area contributed by atoms with E-state index >= 15 is 0 Å². The van der Waals surface area contributed by atoms with Gasteiger partial charge in [0.25, 0.3) is 0 Å². The highest BCUT2D eigenvalue weighted by Crippen LogP contribution is 2.64. The standard InChI is InChI=1S/C49H31NS/c1-2-15-32(16-3-1)34-17-4-5-18-35(34)33-29-30-45-43(31-33)49(40-23-9-6-19-36(40)37-20-7-10-24-41(37)49)42-25-11-12-26-44(42)50(45)46-27-14-22-39-38-21-8-13-28-47(38)51-48(39)46/h1-31H. The number of hydrogen-bond acceptors (Lipinski definition) is 2. The Kier molecular flexibility index (Phi) is 6.11. The van der Waals surface area contributed by atoms with Crippen molar-refractivity contribution in [1.82, 2.24) is 0 Å². The van der Waals surface area contributed by atoms with E-state index < -0.39 is 5.41 Å². The van der Waals surface area contributed by atoms with Crippen LogP contribution >= 0.6 is 11.3 Å². The number of para-hydroxylation sites is 1. The van der Waals surface area contributed by atoms with Gasteiger partial charge in [-0.1, -0.05) is 158 Å². The van der Waals surface area contributed by atoms with Gasteiger partial charge < -0.3 is 4.90 Å². The van der Waals surface area contributed by atoms with Crippen molar-refractivity contribution in [2.45, 2.75) is 5.41 Å². The lowest BCUT2D eigenvalue weighted by atomic mass is 9.64. The molecule has 51 heavy (non-hydrogen) atoms. The molecule has 8 aromatic carbocycles. The highest BCUT2D eigenvalue weighted by molar-refractivity contribution is 7.26. The van der Waals surface area contributed by atoms with Crippen LogP contribution < -0.4 is 4.90 Å². The zero-order chi connectivity index (χ0) is 33.5. The number of nitrogens with zero attached hydrogens (tertiary/aromatic N) is 1. The predicted octanol–water partition coefficient (Wildman–Crippen LogP) is 13.5. The van der Waals surface area contributed by atoms with Crippen LogP contribution in [0, 0.1) is 0 Å². The normalized spacial score (nSPS) is 13.6. The Morgan fingerprint density at radius 2 is 0.902 bits per heavy atom. The number of rotatable bonds is 3. The molecule has 1 nitrogen and oxygen atoms in total. The molecule has 0 bridgehead atoms. The molecule has 238 valence electrons. The summed E-state index contributed by atoms with van der Waals surface area (Å²) in [5, 5.41) is 2.62. The maximum atomic E-state index is 2.55. The van der Waals surface area contributed by atoms with E-state index in [4.69, 9.17) is 0 Å². The zero-order valence-electron chi connectivity index (χ0n) is 27.8. The van der Waals surface area contributed by atoms with Gasteiger partial charge in [-0.05, 0) is 86.0 Å². The second-order valence-electron chi connectivity index (χ2n) is 13.6. The van der Waals surface area contributed by atoms with E-state index in [-0.39, 0.29) is 0 Å². The zero-order valence-corrected chi connectivity index (χ0v) is 28.6. The molecule has 0 N–H and O–H groups in total. The third-order valence-electron chi connectivity index (χ3n) is 11.1. The van der Waals surface area contributed by atoms with Gasteiger partial charge in [0.1, 0.15) is 0 Å². The van der Waals surface area contributed by atoms with E-state index in [1.807, 2.05) is 11.3 Å². The topological polar surface area (TPSA) is 3.24 Å². The Labute approximate surface area is 301 Å². The van der Waals surface area contributed by atoms with Crippen LogP contribution in [0.25, 0.3) is 53.6 Å². The average molecular weight is 666 g/mol. The summed E-state index contributed by atoms with van der Waals surface area (Å²) in [5.74, 6) is 0. The number of anilines is 3. The second kappa shape index (κ2) is 10.9. The van der Waals surface area contributed by atoms with Gasteiger partial charge in [-0.3, -0.25) is 0 Å². The van der Waals surface area contributed by atoms with Crippen LogP contribution in [0.2, 0.25) is 0 Å². The maximum absolute atomic E-state index is 2.55. The van der Waals surface area contributed by atoms with Gasteiger partial charge in [0, 0.05) is 15.5 Å². The smallest absolute Gasteiger partial charge is 0.0754 e. The molecular weight excluding hydrogens is 635 g/mol. The maximum Gasteiger partial charge on any atom is 0.0754 e. The molecule has 0 amide bonds. The van der Waals surface area contributed by atoms with Crippen LogP contribution in [-0.4, -0.2) is 0 Å². The Morgan fingerprint density at radius 3 is 1.67 bits per heavy atom. The lowest BCUT2D eigenvalue weighted by Gasteiger charge is -2.45. The molecule has 2 heteroatoms. The molecule has 1 spiro atoms. The molecule has 2 aliphatic rings. The van der Waals surface area contributed by atoms with Crippen molar-refractivity contribution in [2.75, 3.05) is 4.90 Å². The van der Waals surface area contributed by atoms with Crippen LogP contribution in [0.5, 0.6) is 0 Å². The summed E-state index contributed by atoms with van der Waals surface area (Å²) >= 11 is 1.89. The van der Waals surface area contributed by atoms with Gasteiger partial charge in [-0.15, -0.1) is 11.3 Å². The molecule has 0 unspecified atom stereocenters. The second-order valence-corrected chi connectivity index (χ2v) is 14.6. The third-order valence-corrected chi connectivity index (χ3v) is 12.3. The fourth-order valence-electron chi connectivity index (χ4n) is 9.05. The molecule has 1 aromatic heterocycles. The molecule has 9 aromatic rings. The summed E-state index contributed by atoms with van der Waals surface area (Å²) in [6, 6.07) is 69.8. The summed E-state index contributed by atoms with van der Waals surface area (Å²) in [5.41, 5.74) is 16.0. The lowest BCUT2D eigenvalue weighted by molar-refractivity contribution is 0.753. The van der Waals surface area contributed by atoms with Crippen molar-refractivity contribution >= 4 is 48.6 Å². The first-order valence-corrected chi connectivity index (χ1v) is 18.4. The molecule has 0 atom stereocenters. The molecule has 0 radical (unpaired) electrons.